The molecule has 2 aromatic rings. The monoisotopic (exact) mass is 462 g/mol. The van der Waals surface area contributed by atoms with Crippen LogP contribution >= 0.6 is 0 Å². The van der Waals surface area contributed by atoms with Crippen molar-refractivity contribution in [3.8, 4) is 11.1 Å². The molecule has 1 saturated carbocycles. The standard InChI is InChI=1S/C27H30N2O5/c1-16(2)23(24(30)29-13-22(25(31)32)27(15-29)11-12-27)28-26(33)34-14-21-19-9-5-3-7-17(19)18-8-4-6-10-20(18)21/h3-10,16,21-23H,11-15H2,1-2H3,(H,28,33)(H,31,32). The van der Waals surface area contributed by atoms with Crippen molar-refractivity contribution in [2.75, 3.05) is 19.7 Å². The summed E-state index contributed by atoms with van der Waals surface area (Å²) in [6.45, 7) is 4.54. The van der Waals surface area contributed by atoms with E-state index in [9.17, 15) is 19.5 Å². The average Bonchev–Trinajstić information content (AvgIpc) is 3.37. The van der Waals surface area contributed by atoms with Gasteiger partial charge in [-0.3, -0.25) is 9.59 Å². The van der Waals surface area contributed by atoms with E-state index in [1.807, 2.05) is 38.1 Å². The molecule has 0 aromatic heterocycles. The lowest BCUT2D eigenvalue weighted by Gasteiger charge is -2.27. The maximum Gasteiger partial charge on any atom is 0.407 e. The zero-order valence-electron chi connectivity index (χ0n) is 19.5. The van der Waals surface area contributed by atoms with Crippen LogP contribution in [0, 0.1) is 17.3 Å². The number of carbonyl (C=O) groups is 3. The number of aliphatic carboxylic acids is 1. The molecule has 2 N–H and O–H groups in total. The molecular weight excluding hydrogens is 432 g/mol. The fraction of sp³-hybridized carbons (Fsp3) is 0.444. The Morgan fingerprint density at radius 3 is 2.15 bits per heavy atom. The molecule has 2 unspecified atom stereocenters. The Morgan fingerprint density at radius 2 is 1.65 bits per heavy atom. The number of hydrogen-bond donors (Lipinski definition) is 2. The van der Waals surface area contributed by atoms with Crippen LogP contribution in [-0.4, -0.2) is 53.7 Å². The van der Waals surface area contributed by atoms with Gasteiger partial charge in [-0.1, -0.05) is 62.4 Å². The predicted molar refractivity (Wildman–Crippen MR) is 126 cm³/mol. The van der Waals surface area contributed by atoms with E-state index < -0.39 is 24.0 Å². The number of nitrogens with one attached hydrogen (secondary N) is 1. The van der Waals surface area contributed by atoms with Gasteiger partial charge in [0.05, 0.1) is 5.92 Å². The summed E-state index contributed by atoms with van der Waals surface area (Å²) < 4.78 is 5.63. The quantitative estimate of drug-likeness (QED) is 0.679. The second-order valence-corrected chi connectivity index (χ2v) is 10.2. The van der Waals surface area contributed by atoms with Crippen LogP contribution in [0.1, 0.15) is 43.7 Å². The molecule has 7 nitrogen and oxygen atoms in total. The van der Waals surface area contributed by atoms with E-state index >= 15 is 0 Å². The SMILES string of the molecule is CC(C)C(NC(=O)OCC1c2ccccc2-c2ccccc21)C(=O)N1CC(C(=O)O)C2(CC2)C1. The van der Waals surface area contributed by atoms with Crippen molar-refractivity contribution >= 4 is 18.0 Å². The number of carboxylic acids is 1. The number of amides is 2. The van der Waals surface area contributed by atoms with Gasteiger partial charge in [-0.05, 0) is 41.0 Å². The van der Waals surface area contributed by atoms with Crippen LogP contribution in [0.15, 0.2) is 48.5 Å². The number of hydrogen-bond acceptors (Lipinski definition) is 4. The maximum atomic E-state index is 13.3. The number of nitrogens with zero attached hydrogens (tertiary/aromatic N) is 1. The first-order valence-electron chi connectivity index (χ1n) is 11.9. The van der Waals surface area contributed by atoms with Crippen LogP contribution in [0.2, 0.25) is 0 Å². The molecule has 0 bridgehead atoms. The number of carbonyl (C=O) groups excluding carboxylic acids is 2. The molecule has 1 saturated heterocycles. The molecule has 1 spiro atoms. The minimum atomic E-state index is -0.849. The van der Waals surface area contributed by atoms with E-state index in [0.29, 0.717) is 6.54 Å². The van der Waals surface area contributed by atoms with Crippen LogP contribution in [0.4, 0.5) is 4.79 Å². The van der Waals surface area contributed by atoms with Gasteiger partial charge in [-0.2, -0.15) is 0 Å². The van der Waals surface area contributed by atoms with E-state index in [-0.39, 0.29) is 36.3 Å². The Hall–Kier alpha value is -3.35. The Bertz CT molecular complexity index is 1090. The summed E-state index contributed by atoms with van der Waals surface area (Å²) in [6, 6.07) is 15.5. The Morgan fingerprint density at radius 1 is 1.06 bits per heavy atom. The largest absolute Gasteiger partial charge is 0.481 e. The molecule has 178 valence electrons. The third-order valence-corrected chi connectivity index (χ3v) is 7.70. The van der Waals surface area contributed by atoms with Gasteiger partial charge < -0.3 is 20.1 Å². The first kappa shape index (κ1) is 22.4. The molecule has 0 radical (unpaired) electrons. The molecular formula is C27H30N2O5. The first-order valence-corrected chi connectivity index (χ1v) is 11.9. The summed E-state index contributed by atoms with van der Waals surface area (Å²) >= 11 is 0. The number of benzene rings is 2. The topological polar surface area (TPSA) is 95.9 Å². The van der Waals surface area contributed by atoms with Crippen molar-refractivity contribution in [2.45, 2.75) is 38.6 Å². The van der Waals surface area contributed by atoms with Crippen molar-refractivity contribution in [3.05, 3.63) is 59.7 Å². The van der Waals surface area contributed by atoms with Crippen LogP contribution in [-0.2, 0) is 14.3 Å². The Kier molecular flexibility index (Phi) is 5.58. The van der Waals surface area contributed by atoms with Crippen molar-refractivity contribution in [1.82, 2.24) is 10.2 Å². The summed E-state index contributed by atoms with van der Waals surface area (Å²) in [5.41, 5.74) is 4.27. The lowest BCUT2D eigenvalue weighted by Crippen LogP contribution is -2.51. The molecule has 1 heterocycles. The fourth-order valence-corrected chi connectivity index (χ4v) is 5.62. The Balaban J connectivity index is 1.25. The van der Waals surface area contributed by atoms with Gasteiger partial charge in [0.15, 0.2) is 0 Å². The van der Waals surface area contributed by atoms with Gasteiger partial charge in [-0.15, -0.1) is 0 Å². The third-order valence-electron chi connectivity index (χ3n) is 7.70. The van der Waals surface area contributed by atoms with Crippen molar-refractivity contribution in [1.29, 1.82) is 0 Å². The lowest BCUT2D eigenvalue weighted by molar-refractivity contribution is -0.143. The molecule has 1 aliphatic heterocycles. The normalized spacial score (nSPS) is 20.7. The van der Waals surface area contributed by atoms with Crippen LogP contribution in [0.25, 0.3) is 11.1 Å². The first-order chi connectivity index (χ1) is 16.3. The highest BCUT2D eigenvalue weighted by molar-refractivity contribution is 5.87. The second-order valence-electron chi connectivity index (χ2n) is 10.2. The summed E-state index contributed by atoms with van der Waals surface area (Å²) in [6.07, 6.45) is 1.03. The highest BCUT2D eigenvalue weighted by atomic mass is 16.5. The van der Waals surface area contributed by atoms with Crippen molar-refractivity contribution in [3.63, 3.8) is 0 Å². The Labute approximate surface area is 199 Å². The van der Waals surface area contributed by atoms with Gasteiger partial charge in [-0.25, -0.2) is 4.79 Å². The summed E-state index contributed by atoms with van der Waals surface area (Å²) in [5, 5.41) is 12.3. The van der Waals surface area contributed by atoms with Crippen LogP contribution in [0.3, 0.4) is 0 Å². The minimum Gasteiger partial charge on any atom is -0.481 e. The minimum absolute atomic E-state index is 0.0593. The number of likely N-dealkylation sites (tertiary alicyclic amines) is 1. The van der Waals surface area contributed by atoms with Crippen molar-refractivity contribution in [2.24, 2.45) is 17.3 Å². The van der Waals surface area contributed by atoms with E-state index in [1.165, 1.54) is 0 Å². The number of alkyl carbamates (subject to hydrolysis) is 1. The smallest absolute Gasteiger partial charge is 0.407 e. The predicted octanol–water partition coefficient (Wildman–Crippen LogP) is 3.87. The molecule has 2 aromatic carbocycles. The van der Waals surface area contributed by atoms with E-state index in [0.717, 1.165) is 35.1 Å². The summed E-state index contributed by atoms with van der Waals surface area (Å²) in [4.78, 5) is 39.3. The van der Waals surface area contributed by atoms with E-state index in [1.54, 1.807) is 4.90 Å². The van der Waals surface area contributed by atoms with Gasteiger partial charge in [0, 0.05) is 24.4 Å². The van der Waals surface area contributed by atoms with Gasteiger partial charge in [0.25, 0.3) is 0 Å². The second kappa shape index (κ2) is 8.46. The molecule has 34 heavy (non-hydrogen) atoms. The highest BCUT2D eigenvalue weighted by Crippen LogP contribution is 2.56. The lowest BCUT2D eigenvalue weighted by atomic mass is 9.93. The van der Waals surface area contributed by atoms with E-state index in [2.05, 4.69) is 29.6 Å². The van der Waals surface area contributed by atoms with Crippen molar-refractivity contribution < 1.29 is 24.2 Å². The van der Waals surface area contributed by atoms with E-state index in [4.69, 9.17) is 4.74 Å². The molecule has 2 aliphatic carbocycles. The number of fused-ring (bicyclic) bond motifs is 3. The molecule has 5 rings (SSSR count). The fourth-order valence-electron chi connectivity index (χ4n) is 5.62. The summed E-state index contributed by atoms with van der Waals surface area (Å²) in [7, 11) is 0. The molecule has 2 amide bonds. The van der Waals surface area contributed by atoms with Crippen LogP contribution < -0.4 is 5.32 Å². The zero-order chi connectivity index (χ0) is 24.0. The van der Waals surface area contributed by atoms with Gasteiger partial charge in [0.1, 0.15) is 12.6 Å². The molecule has 2 atom stereocenters. The number of ether oxygens (including phenoxy) is 1. The molecule has 2 fully saturated rings. The molecule has 7 heteroatoms. The number of carboxylic acid groups (broad SMARTS) is 1. The zero-order valence-corrected chi connectivity index (χ0v) is 19.5. The van der Waals surface area contributed by atoms with Crippen LogP contribution in [0.5, 0.6) is 0 Å². The van der Waals surface area contributed by atoms with Gasteiger partial charge >= 0.3 is 12.1 Å². The van der Waals surface area contributed by atoms with Gasteiger partial charge in [0.2, 0.25) is 5.91 Å². The molecule has 3 aliphatic rings. The third kappa shape index (κ3) is 3.83. The maximum absolute atomic E-state index is 13.3. The highest BCUT2D eigenvalue weighted by Gasteiger charge is 2.59. The number of rotatable bonds is 6. The summed E-state index contributed by atoms with van der Waals surface area (Å²) in [5.74, 6) is -1.83. The average molecular weight is 463 g/mol.